The fourth-order valence-electron chi connectivity index (χ4n) is 2.55. The zero-order chi connectivity index (χ0) is 18.1. The first-order chi connectivity index (χ1) is 12.2. The molecule has 0 aliphatic heterocycles. The molecule has 0 saturated carbocycles. The molecule has 1 aromatic heterocycles. The summed E-state index contributed by atoms with van der Waals surface area (Å²) in [6, 6.07) is 9.83. The number of ether oxygens (including phenoxy) is 1. The summed E-state index contributed by atoms with van der Waals surface area (Å²) < 4.78 is 7.04. The number of hydrogen-bond donors (Lipinski definition) is 2. The Kier molecular flexibility index (Phi) is 10.1. The molecule has 0 atom stereocenters. The molecule has 0 unspecified atom stereocenters. The molecule has 0 bridgehead atoms. The molecular weight excluding hydrogens is 441 g/mol. The number of aliphatic imine (C=N–C) groups is 1. The van der Waals surface area contributed by atoms with Gasteiger partial charge in [0.05, 0.1) is 25.0 Å². The first-order valence-corrected chi connectivity index (χ1v) is 8.83. The van der Waals surface area contributed by atoms with Crippen molar-refractivity contribution in [3.05, 3.63) is 42.2 Å². The first kappa shape index (κ1) is 22.3. The lowest BCUT2D eigenvalue weighted by molar-refractivity contribution is 0.414. The fraction of sp³-hybridized carbons (Fsp3) is 0.474. The molecule has 2 rings (SSSR count). The molecule has 6 nitrogen and oxygen atoms in total. The van der Waals surface area contributed by atoms with Crippen LogP contribution in [0.5, 0.6) is 5.75 Å². The van der Waals surface area contributed by atoms with E-state index in [1.54, 1.807) is 14.2 Å². The number of rotatable bonds is 8. The fourth-order valence-corrected chi connectivity index (χ4v) is 2.55. The maximum Gasteiger partial charge on any atom is 0.191 e. The third-order valence-electron chi connectivity index (χ3n) is 4.35. The summed E-state index contributed by atoms with van der Waals surface area (Å²) in [5.41, 5.74) is 1.96. The molecule has 0 radical (unpaired) electrons. The van der Waals surface area contributed by atoms with Crippen LogP contribution < -0.4 is 15.4 Å². The molecule has 2 N–H and O–H groups in total. The molecule has 0 spiro atoms. The Balaban J connectivity index is 0.00000338. The van der Waals surface area contributed by atoms with Crippen molar-refractivity contribution in [2.45, 2.75) is 33.2 Å². The van der Waals surface area contributed by atoms with Crippen molar-refractivity contribution in [1.29, 1.82) is 0 Å². The summed E-state index contributed by atoms with van der Waals surface area (Å²) in [4.78, 5) is 4.27. The molecule has 144 valence electrons. The lowest BCUT2D eigenvalue weighted by atomic mass is 10.0. The molecule has 7 heteroatoms. The van der Waals surface area contributed by atoms with Crippen molar-refractivity contribution >= 4 is 29.9 Å². The number of aromatic nitrogens is 2. The average molecular weight is 471 g/mol. The Morgan fingerprint density at radius 3 is 2.42 bits per heavy atom. The second-order valence-electron chi connectivity index (χ2n) is 5.94. The van der Waals surface area contributed by atoms with E-state index in [9.17, 15) is 0 Å². The molecule has 0 amide bonds. The van der Waals surface area contributed by atoms with E-state index >= 15 is 0 Å². The number of nitrogens with one attached hydrogen (secondary N) is 2. The standard InChI is InChI=1S/C19H29N5O.HI/c1-5-15(6-2)13-21-19(20-3)22-14-16-11-12-24(23-16)17-7-9-18(25-4)10-8-17;/h7-12,15H,5-6,13-14H2,1-4H3,(H2,20,21,22);1H. The van der Waals surface area contributed by atoms with Gasteiger partial charge in [0.1, 0.15) is 5.75 Å². The van der Waals surface area contributed by atoms with Crippen molar-refractivity contribution in [2.24, 2.45) is 10.9 Å². The molecular formula is C19H30IN5O. The number of halogens is 1. The van der Waals surface area contributed by atoms with E-state index in [2.05, 4.69) is 34.6 Å². The summed E-state index contributed by atoms with van der Waals surface area (Å²) in [5, 5.41) is 11.3. The van der Waals surface area contributed by atoms with Gasteiger partial charge in [0.25, 0.3) is 0 Å². The van der Waals surface area contributed by atoms with Crippen LogP contribution in [0.1, 0.15) is 32.4 Å². The number of guanidine groups is 1. The highest BCUT2D eigenvalue weighted by Gasteiger charge is 2.06. The molecule has 0 aliphatic rings. The summed E-state index contributed by atoms with van der Waals surface area (Å²) in [6.45, 7) is 6.01. The van der Waals surface area contributed by atoms with Crippen LogP contribution >= 0.6 is 24.0 Å². The van der Waals surface area contributed by atoms with E-state index in [4.69, 9.17) is 4.74 Å². The zero-order valence-electron chi connectivity index (χ0n) is 16.0. The molecule has 1 heterocycles. The highest BCUT2D eigenvalue weighted by atomic mass is 127. The molecule has 26 heavy (non-hydrogen) atoms. The van der Waals surface area contributed by atoms with E-state index in [1.165, 1.54) is 12.8 Å². The highest BCUT2D eigenvalue weighted by molar-refractivity contribution is 14.0. The van der Waals surface area contributed by atoms with E-state index in [0.717, 1.165) is 29.6 Å². The van der Waals surface area contributed by atoms with Gasteiger partial charge in [0.2, 0.25) is 0 Å². The Morgan fingerprint density at radius 1 is 1.15 bits per heavy atom. The van der Waals surface area contributed by atoms with E-state index in [1.807, 2.05) is 41.2 Å². The van der Waals surface area contributed by atoms with Gasteiger partial charge in [0.15, 0.2) is 5.96 Å². The van der Waals surface area contributed by atoms with Gasteiger partial charge in [0, 0.05) is 19.8 Å². The van der Waals surface area contributed by atoms with Gasteiger partial charge in [-0.3, -0.25) is 4.99 Å². The van der Waals surface area contributed by atoms with Crippen LogP contribution in [0.15, 0.2) is 41.5 Å². The summed E-state index contributed by atoms with van der Waals surface area (Å²) >= 11 is 0. The molecule has 0 aliphatic carbocycles. The topological polar surface area (TPSA) is 63.5 Å². The lowest BCUT2D eigenvalue weighted by Gasteiger charge is -2.16. The van der Waals surface area contributed by atoms with Crippen LogP contribution in [0.25, 0.3) is 5.69 Å². The quantitative estimate of drug-likeness (QED) is 0.351. The van der Waals surface area contributed by atoms with Gasteiger partial charge in [-0.2, -0.15) is 5.10 Å². The summed E-state index contributed by atoms with van der Waals surface area (Å²) in [5.74, 6) is 2.32. The van der Waals surface area contributed by atoms with E-state index in [0.29, 0.717) is 12.5 Å². The monoisotopic (exact) mass is 471 g/mol. The van der Waals surface area contributed by atoms with E-state index in [-0.39, 0.29) is 24.0 Å². The van der Waals surface area contributed by atoms with Crippen LogP contribution in [-0.2, 0) is 6.54 Å². The minimum atomic E-state index is 0. The smallest absolute Gasteiger partial charge is 0.191 e. The number of nitrogens with zero attached hydrogens (tertiary/aromatic N) is 3. The zero-order valence-corrected chi connectivity index (χ0v) is 18.4. The molecule has 2 aromatic rings. The third kappa shape index (κ3) is 6.51. The van der Waals surface area contributed by atoms with Crippen molar-refractivity contribution in [2.75, 3.05) is 20.7 Å². The van der Waals surface area contributed by atoms with Crippen molar-refractivity contribution in [1.82, 2.24) is 20.4 Å². The van der Waals surface area contributed by atoms with Gasteiger partial charge < -0.3 is 15.4 Å². The van der Waals surface area contributed by atoms with Crippen LogP contribution in [0.4, 0.5) is 0 Å². The Labute approximate surface area is 173 Å². The number of methoxy groups -OCH3 is 1. The number of hydrogen-bond acceptors (Lipinski definition) is 3. The van der Waals surface area contributed by atoms with Gasteiger partial charge >= 0.3 is 0 Å². The van der Waals surface area contributed by atoms with Crippen LogP contribution in [0, 0.1) is 5.92 Å². The summed E-state index contributed by atoms with van der Waals surface area (Å²) in [7, 11) is 3.45. The molecule has 0 fully saturated rings. The van der Waals surface area contributed by atoms with Gasteiger partial charge in [-0.25, -0.2) is 4.68 Å². The lowest BCUT2D eigenvalue weighted by Crippen LogP contribution is -2.39. The van der Waals surface area contributed by atoms with Gasteiger partial charge in [-0.05, 0) is 36.2 Å². The van der Waals surface area contributed by atoms with Crippen molar-refractivity contribution in [3.8, 4) is 11.4 Å². The van der Waals surface area contributed by atoms with Crippen LogP contribution in [0.3, 0.4) is 0 Å². The second-order valence-corrected chi connectivity index (χ2v) is 5.94. The van der Waals surface area contributed by atoms with Gasteiger partial charge in [-0.1, -0.05) is 26.7 Å². The SMILES string of the molecule is CCC(CC)CNC(=NC)NCc1ccn(-c2ccc(OC)cc2)n1.I. The Morgan fingerprint density at radius 2 is 1.85 bits per heavy atom. The highest BCUT2D eigenvalue weighted by Crippen LogP contribution is 2.14. The summed E-state index contributed by atoms with van der Waals surface area (Å²) in [6.07, 6.45) is 4.30. The van der Waals surface area contributed by atoms with Gasteiger partial charge in [-0.15, -0.1) is 24.0 Å². The Bertz CT molecular complexity index is 665. The largest absolute Gasteiger partial charge is 0.497 e. The minimum Gasteiger partial charge on any atom is -0.497 e. The van der Waals surface area contributed by atoms with Crippen molar-refractivity contribution < 1.29 is 4.74 Å². The number of benzene rings is 1. The minimum absolute atomic E-state index is 0. The third-order valence-corrected chi connectivity index (χ3v) is 4.35. The van der Waals surface area contributed by atoms with Crippen LogP contribution in [0.2, 0.25) is 0 Å². The normalized spacial score (nSPS) is 11.2. The second kappa shape index (κ2) is 11.8. The maximum absolute atomic E-state index is 5.18. The predicted octanol–water partition coefficient (Wildman–Crippen LogP) is 3.60. The van der Waals surface area contributed by atoms with Crippen LogP contribution in [-0.4, -0.2) is 36.4 Å². The molecule has 1 aromatic carbocycles. The van der Waals surface area contributed by atoms with Crippen molar-refractivity contribution in [3.63, 3.8) is 0 Å². The Hall–Kier alpha value is -1.77. The average Bonchev–Trinajstić information content (AvgIpc) is 3.14. The first-order valence-electron chi connectivity index (χ1n) is 8.83. The molecule has 0 saturated heterocycles. The maximum atomic E-state index is 5.18. The predicted molar refractivity (Wildman–Crippen MR) is 118 cm³/mol. The van der Waals surface area contributed by atoms with E-state index < -0.39 is 0 Å².